The summed E-state index contributed by atoms with van der Waals surface area (Å²) < 4.78 is 5.40. The fraction of sp³-hybridized carbons (Fsp3) is 0.294. The van der Waals surface area contributed by atoms with E-state index in [0.29, 0.717) is 18.9 Å². The minimum Gasteiger partial charge on any atom is -0.372 e. The van der Waals surface area contributed by atoms with Gasteiger partial charge in [-0.15, -0.1) is 0 Å². The Bertz CT molecular complexity index is 824. The minimum absolute atomic E-state index is 0.216. The van der Waals surface area contributed by atoms with Crippen LogP contribution in [0.15, 0.2) is 36.8 Å². The SMILES string of the molecule is CC1(c2cnccn2)NC(=O)N(Cc2ccc3c(c2)COC3)C1=O. The Labute approximate surface area is 138 Å². The van der Waals surface area contributed by atoms with Crippen LogP contribution in [0.3, 0.4) is 0 Å². The number of fused-ring (bicyclic) bond motifs is 1. The molecular formula is C17H16N4O3. The zero-order valence-corrected chi connectivity index (χ0v) is 13.2. The van der Waals surface area contributed by atoms with Crippen LogP contribution >= 0.6 is 0 Å². The number of amides is 3. The minimum atomic E-state index is -1.19. The Balaban J connectivity index is 1.60. The zero-order valence-electron chi connectivity index (χ0n) is 13.2. The van der Waals surface area contributed by atoms with E-state index in [9.17, 15) is 9.59 Å². The van der Waals surface area contributed by atoms with Gasteiger partial charge in [0.1, 0.15) is 0 Å². The first-order valence-corrected chi connectivity index (χ1v) is 7.67. The van der Waals surface area contributed by atoms with Gasteiger partial charge in [0, 0.05) is 12.4 Å². The van der Waals surface area contributed by atoms with E-state index >= 15 is 0 Å². The van der Waals surface area contributed by atoms with Gasteiger partial charge in [-0.05, 0) is 23.6 Å². The lowest BCUT2D eigenvalue weighted by Gasteiger charge is -2.20. The molecule has 4 rings (SSSR count). The van der Waals surface area contributed by atoms with E-state index in [1.807, 2.05) is 18.2 Å². The van der Waals surface area contributed by atoms with E-state index in [2.05, 4.69) is 15.3 Å². The van der Waals surface area contributed by atoms with Gasteiger partial charge in [-0.25, -0.2) is 4.79 Å². The molecular weight excluding hydrogens is 308 g/mol. The molecule has 1 fully saturated rings. The molecule has 7 nitrogen and oxygen atoms in total. The second-order valence-electron chi connectivity index (χ2n) is 6.13. The van der Waals surface area contributed by atoms with Crippen LogP contribution in [0.5, 0.6) is 0 Å². The Hall–Kier alpha value is -2.80. The maximum absolute atomic E-state index is 12.8. The molecule has 2 aliphatic heterocycles. The molecule has 2 aliphatic rings. The predicted molar refractivity (Wildman–Crippen MR) is 83.4 cm³/mol. The number of nitrogens with zero attached hydrogens (tertiary/aromatic N) is 3. The second-order valence-corrected chi connectivity index (χ2v) is 6.13. The summed E-state index contributed by atoms with van der Waals surface area (Å²) in [5, 5.41) is 2.73. The second kappa shape index (κ2) is 5.38. The Morgan fingerprint density at radius 3 is 2.88 bits per heavy atom. The zero-order chi connectivity index (χ0) is 16.7. The molecule has 3 heterocycles. The smallest absolute Gasteiger partial charge is 0.325 e. The van der Waals surface area contributed by atoms with Crippen LogP contribution in [0.25, 0.3) is 0 Å². The highest BCUT2D eigenvalue weighted by atomic mass is 16.5. The Morgan fingerprint density at radius 1 is 1.25 bits per heavy atom. The summed E-state index contributed by atoms with van der Waals surface area (Å²) in [5.41, 5.74) is 2.39. The van der Waals surface area contributed by atoms with Crippen molar-refractivity contribution < 1.29 is 14.3 Å². The number of aromatic nitrogens is 2. The summed E-state index contributed by atoms with van der Waals surface area (Å²) in [5.74, 6) is -0.329. The highest BCUT2D eigenvalue weighted by molar-refractivity contribution is 6.06. The number of carbonyl (C=O) groups excluding carboxylic acids is 2. The fourth-order valence-electron chi connectivity index (χ4n) is 3.08. The molecule has 0 aliphatic carbocycles. The Kier molecular flexibility index (Phi) is 3.31. The third kappa shape index (κ3) is 2.25. The van der Waals surface area contributed by atoms with Crippen LogP contribution < -0.4 is 5.32 Å². The molecule has 122 valence electrons. The topological polar surface area (TPSA) is 84.4 Å². The summed E-state index contributed by atoms with van der Waals surface area (Å²) >= 11 is 0. The van der Waals surface area contributed by atoms with Gasteiger partial charge in [0.2, 0.25) is 0 Å². The van der Waals surface area contributed by atoms with Crippen molar-refractivity contribution in [1.29, 1.82) is 0 Å². The number of benzene rings is 1. The number of hydrogen-bond donors (Lipinski definition) is 1. The number of hydrogen-bond acceptors (Lipinski definition) is 5. The van der Waals surface area contributed by atoms with Crippen LogP contribution in [0.4, 0.5) is 4.79 Å². The van der Waals surface area contributed by atoms with Gasteiger partial charge in [0.15, 0.2) is 5.54 Å². The number of nitrogens with one attached hydrogen (secondary N) is 1. The quantitative estimate of drug-likeness (QED) is 0.864. The maximum Gasteiger partial charge on any atom is 0.325 e. The van der Waals surface area contributed by atoms with Crippen LogP contribution in [0, 0.1) is 0 Å². The molecule has 0 saturated carbocycles. The third-order valence-electron chi connectivity index (χ3n) is 4.48. The summed E-state index contributed by atoms with van der Waals surface area (Å²) in [6, 6.07) is 5.47. The first-order valence-electron chi connectivity index (χ1n) is 7.67. The standard InChI is InChI=1S/C17H16N4O3/c1-17(14-7-18-4-5-19-14)15(22)21(16(23)20-17)8-11-2-3-12-9-24-10-13(12)6-11/h2-7H,8-10H2,1H3,(H,20,23). The first-order chi connectivity index (χ1) is 11.6. The summed E-state index contributed by atoms with van der Waals surface area (Å²) in [6.45, 7) is 3.05. The van der Waals surface area contributed by atoms with Crippen LogP contribution in [-0.4, -0.2) is 26.8 Å². The van der Waals surface area contributed by atoms with E-state index in [-0.39, 0.29) is 12.5 Å². The molecule has 24 heavy (non-hydrogen) atoms. The number of ether oxygens (including phenoxy) is 1. The van der Waals surface area contributed by atoms with Crippen molar-refractivity contribution in [3.63, 3.8) is 0 Å². The molecule has 1 atom stereocenters. The molecule has 1 saturated heterocycles. The van der Waals surface area contributed by atoms with Crippen LogP contribution in [-0.2, 0) is 34.8 Å². The van der Waals surface area contributed by atoms with Crippen molar-refractivity contribution in [2.45, 2.75) is 32.2 Å². The largest absolute Gasteiger partial charge is 0.372 e. The molecule has 2 aromatic rings. The van der Waals surface area contributed by atoms with Gasteiger partial charge in [0.25, 0.3) is 5.91 Å². The number of urea groups is 1. The van der Waals surface area contributed by atoms with Crippen LogP contribution in [0.2, 0.25) is 0 Å². The van der Waals surface area contributed by atoms with E-state index in [0.717, 1.165) is 16.7 Å². The Morgan fingerprint density at radius 2 is 2.08 bits per heavy atom. The summed E-state index contributed by atoms with van der Waals surface area (Å²) in [4.78, 5) is 34.5. The lowest BCUT2D eigenvalue weighted by molar-refractivity contribution is -0.131. The van der Waals surface area contributed by atoms with E-state index in [1.165, 1.54) is 23.5 Å². The molecule has 1 unspecified atom stereocenters. The fourth-order valence-corrected chi connectivity index (χ4v) is 3.08. The van der Waals surface area contributed by atoms with E-state index in [1.54, 1.807) is 6.92 Å². The normalized spacial score (nSPS) is 22.6. The van der Waals surface area contributed by atoms with E-state index in [4.69, 9.17) is 4.74 Å². The summed E-state index contributed by atoms with van der Waals surface area (Å²) in [6.07, 6.45) is 4.52. The molecule has 7 heteroatoms. The van der Waals surface area contributed by atoms with Crippen molar-refractivity contribution in [2.75, 3.05) is 0 Å². The van der Waals surface area contributed by atoms with E-state index < -0.39 is 11.6 Å². The lowest BCUT2D eigenvalue weighted by atomic mass is 9.98. The van der Waals surface area contributed by atoms with Crippen molar-refractivity contribution in [3.8, 4) is 0 Å². The van der Waals surface area contributed by atoms with Crippen molar-refractivity contribution >= 4 is 11.9 Å². The number of carbonyl (C=O) groups is 2. The molecule has 1 aromatic heterocycles. The van der Waals surface area contributed by atoms with Crippen LogP contribution in [0.1, 0.15) is 29.3 Å². The molecule has 1 aromatic carbocycles. The molecule has 1 N–H and O–H groups in total. The maximum atomic E-state index is 12.8. The molecule has 0 bridgehead atoms. The van der Waals surface area contributed by atoms with Gasteiger partial charge in [-0.2, -0.15) is 0 Å². The van der Waals surface area contributed by atoms with Gasteiger partial charge in [-0.1, -0.05) is 18.2 Å². The molecule has 0 spiro atoms. The first kappa shape index (κ1) is 14.8. The lowest BCUT2D eigenvalue weighted by Crippen LogP contribution is -2.41. The van der Waals surface area contributed by atoms with Gasteiger partial charge in [-0.3, -0.25) is 19.7 Å². The highest BCUT2D eigenvalue weighted by Crippen LogP contribution is 2.29. The van der Waals surface area contributed by atoms with Gasteiger partial charge < -0.3 is 10.1 Å². The summed E-state index contributed by atoms with van der Waals surface area (Å²) in [7, 11) is 0. The number of imide groups is 1. The monoisotopic (exact) mass is 324 g/mol. The molecule has 3 amide bonds. The number of rotatable bonds is 3. The third-order valence-corrected chi connectivity index (χ3v) is 4.48. The average molecular weight is 324 g/mol. The van der Waals surface area contributed by atoms with Crippen molar-refractivity contribution in [2.24, 2.45) is 0 Å². The predicted octanol–water partition coefficient (Wildman–Crippen LogP) is 1.47. The highest BCUT2D eigenvalue weighted by Gasteiger charge is 2.50. The van der Waals surface area contributed by atoms with Gasteiger partial charge in [0.05, 0.1) is 31.6 Å². The average Bonchev–Trinajstić information content (AvgIpc) is 3.14. The van der Waals surface area contributed by atoms with Crippen molar-refractivity contribution in [1.82, 2.24) is 20.2 Å². The van der Waals surface area contributed by atoms with Crippen molar-refractivity contribution in [3.05, 3.63) is 59.2 Å². The molecule has 0 radical (unpaired) electrons. The van der Waals surface area contributed by atoms with Gasteiger partial charge >= 0.3 is 6.03 Å².